The Balaban J connectivity index is 2.57. The van der Waals surface area contributed by atoms with Crippen molar-refractivity contribution in [2.24, 2.45) is 0 Å². The Hall–Kier alpha value is -0.570. The fraction of sp³-hybridized carbons (Fsp3) is 0.375. The lowest BCUT2D eigenvalue weighted by molar-refractivity contribution is 1.04. The molecule has 0 spiro atoms. The topological polar surface area (TPSA) is 32.9 Å². The summed E-state index contributed by atoms with van der Waals surface area (Å²) in [6.07, 6.45) is 3.98. The molecule has 1 N–H and O–H groups in total. The summed E-state index contributed by atoms with van der Waals surface area (Å²) in [5.41, 5.74) is 1.07. The average Bonchev–Trinajstić information content (AvgIpc) is 2.70. The van der Waals surface area contributed by atoms with Crippen molar-refractivity contribution in [3.05, 3.63) is 32.7 Å². The zero-order chi connectivity index (χ0) is 7.84. The Morgan fingerprint density at radius 1 is 1.55 bits per heavy atom. The van der Waals surface area contributed by atoms with E-state index >= 15 is 0 Å². The molecule has 0 amide bonds. The summed E-state index contributed by atoms with van der Waals surface area (Å²) in [7, 11) is 0. The lowest BCUT2D eigenvalue weighted by atomic mass is 10.2. The Kier molecular flexibility index (Phi) is 1.60. The van der Waals surface area contributed by atoms with Crippen LogP contribution in [0.2, 0.25) is 0 Å². The standard InChI is InChI=1S/C8H8BrNO/c9-8-7(5-1-2-5)6(11)3-4-10-8/h3-5H,1-2H2,(H,10,11). The van der Waals surface area contributed by atoms with Crippen LogP contribution in [-0.4, -0.2) is 4.98 Å². The number of pyridine rings is 1. The van der Waals surface area contributed by atoms with Gasteiger partial charge in [0.25, 0.3) is 0 Å². The molecule has 2 nitrogen and oxygen atoms in total. The van der Waals surface area contributed by atoms with Gasteiger partial charge in [-0.25, -0.2) is 0 Å². The predicted octanol–water partition coefficient (Wildman–Crippen LogP) is 2.01. The van der Waals surface area contributed by atoms with Crippen LogP contribution >= 0.6 is 15.9 Å². The highest BCUT2D eigenvalue weighted by Crippen LogP contribution is 2.40. The summed E-state index contributed by atoms with van der Waals surface area (Å²) >= 11 is 3.33. The molecule has 0 atom stereocenters. The van der Waals surface area contributed by atoms with E-state index in [1.807, 2.05) is 0 Å². The maximum Gasteiger partial charge on any atom is 0.186 e. The highest BCUT2D eigenvalue weighted by molar-refractivity contribution is 9.10. The fourth-order valence-electron chi connectivity index (χ4n) is 1.22. The van der Waals surface area contributed by atoms with E-state index in [4.69, 9.17) is 0 Å². The van der Waals surface area contributed by atoms with Crippen molar-refractivity contribution in [1.82, 2.24) is 4.98 Å². The van der Waals surface area contributed by atoms with Crippen molar-refractivity contribution in [3.63, 3.8) is 0 Å². The Morgan fingerprint density at radius 3 is 2.82 bits per heavy atom. The van der Waals surface area contributed by atoms with Crippen molar-refractivity contribution in [3.8, 4) is 0 Å². The SMILES string of the molecule is O=c1cc[nH]c(Br)c1C1CC1. The van der Waals surface area contributed by atoms with Gasteiger partial charge in [-0.15, -0.1) is 0 Å². The minimum Gasteiger partial charge on any atom is -0.356 e. The minimum absolute atomic E-state index is 0.151. The van der Waals surface area contributed by atoms with Gasteiger partial charge in [0.2, 0.25) is 0 Å². The number of nitrogens with one attached hydrogen (secondary N) is 1. The van der Waals surface area contributed by atoms with Crippen LogP contribution in [-0.2, 0) is 0 Å². The van der Waals surface area contributed by atoms with E-state index in [0.29, 0.717) is 5.92 Å². The first kappa shape index (κ1) is 7.10. The first-order valence-corrected chi connectivity index (χ1v) is 4.45. The van der Waals surface area contributed by atoms with Crippen molar-refractivity contribution in [2.45, 2.75) is 18.8 Å². The molecule has 3 heteroatoms. The average molecular weight is 214 g/mol. The van der Waals surface area contributed by atoms with Gasteiger partial charge in [0.05, 0.1) is 4.60 Å². The number of rotatable bonds is 1. The van der Waals surface area contributed by atoms with E-state index in [2.05, 4.69) is 20.9 Å². The molecule has 1 aromatic rings. The second-order valence-electron chi connectivity index (χ2n) is 2.84. The van der Waals surface area contributed by atoms with Crippen molar-refractivity contribution < 1.29 is 0 Å². The monoisotopic (exact) mass is 213 g/mol. The fourth-order valence-corrected chi connectivity index (χ4v) is 1.87. The van der Waals surface area contributed by atoms with Gasteiger partial charge in [-0.2, -0.15) is 0 Å². The molecule has 1 aliphatic rings. The van der Waals surface area contributed by atoms with Crippen molar-refractivity contribution in [1.29, 1.82) is 0 Å². The predicted molar refractivity (Wildman–Crippen MR) is 46.7 cm³/mol. The van der Waals surface area contributed by atoms with Crippen LogP contribution in [0.15, 0.2) is 21.7 Å². The molecule has 0 bridgehead atoms. The molecule has 2 rings (SSSR count). The second kappa shape index (κ2) is 2.48. The number of hydrogen-bond donors (Lipinski definition) is 1. The summed E-state index contributed by atoms with van der Waals surface area (Å²) in [6, 6.07) is 1.58. The van der Waals surface area contributed by atoms with Gasteiger partial charge in [0, 0.05) is 17.8 Å². The van der Waals surface area contributed by atoms with E-state index < -0.39 is 0 Å². The first-order valence-electron chi connectivity index (χ1n) is 3.66. The Labute approximate surface area is 72.8 Å². The number of halogens is 1. The van der Waals surface area contributed by atoms with Gasteiger partial charge in [-0.3, -0.25) is 4.79 Å². The normalized spacial score (nSPS) is 16.8. The molecule has 1 fully saturated rings. The molecule has 11 heavy (non-hydrogen) atoms. The molecule has 1 aromatic heterocycles. The Morgan fingerprint density at radius 2 is 2.27 bits per heavy atom. The third-order valence-corrected chi connectivity index (χ3v) is 2.59. The maximum absolute atomic E-state index is 11.3. The van der Waals surface area contributed by atoms with Crippen molar-refractivity contribution >= 4 is 15.9 Å². The molecule has 0 aliphatic heterocycles. The van der Waals surface area contributed by atoms with Gasteiger partial charge in [-0.05, 0) is 34.7 Å². The molecule has 0 unspecified atom stereocenters. The van der Waals surface area contributed by atoms with Gasteiger partial charge >= 0.3 is 0 Å². The van der Waals surface area contributed by atoms with E-state index in [9.17, 15) is 4.79 Å². The van der Waals surface area contributed by atoms with E-state index in [1.165, 1.54) is 0 Å². The van der Waals surface area contributed by atoms with Gasteiger partial charge in [0.1, 0.15) is 0 Å². The highest BCUT2D eigenvalue weighted by atomic mass is 79.9. The van der Waals surface area contributed by atoms with Crippen LogP contribution in [0.5, 0.6) is 0 Å². The second-order valence-corrected chi connectivity index (χ2v) is 3.64. The largest absolute Gasteiger partial charge is 0.356 e. The lowest BCUT2D eigenvalue weighted by Gasteiger charge is -1.98. The van der Waals surface area contributed by atoms with Crippen molar-refractivity contribution in [2.75, 3.05) is 0 Å². The molecule has 1 heterocycles. The smallest absolute Gasteiger partial charge is 0.186 e. The summed E-state index contributed by atoms with van der Waals surface area (Å²) < 4.78 is 0.854. The van der Waals surface area contributed by atoms with Gasteiger partial charge < -0.3 is 4.98 Å². The molecule has 1 saturated carbocycles. The Bertz CT molecular complexity index is 327. The third-order valence-electron chi connectivity index (χ3n) is 1.93. The van der Waals surface area contributed by atoms with Crippen LogP contribution in [0, 0.1) is 0 Å². The number of H-pyrrole nitrogens is 1. The molecule has 0 radical (unpaired) electrons. The molecule has 0 aromatic carbocycles. The molecule has 58 valence electrons. The molecule has 0 saturated heterocycles. The summed E-state index contributed by atoms with van der Waals surface area (Å²) in [5, 5.41) is 0. The first-order chi connectivity index (χ1) is 5.29. The highest BCUT2D eigenvalue weighted by Gasteiger charge is 2.27. The van der Waals surface area contributed by atoms with Crippen LogP contribution in [0.4, 0.5) is 0 Å². The van der Waals surface area contributed by atoms with Crippen LogP contribution in [0.1, 0.15) is 24.3 Å². The lowest BCUT2D eigenvalue weighted by Crippen LogP contribution is -2.07. The summed E-state index contributed by atoms with van der Waals surface area (Å²) in [5.74, 6) is 0.509. The molecular formula is C8H8BrNO. The number of aromatic amines is 1. The van der Waals surface area contributed by atoms with E-state index in [0.717, 1.165) is 23.0 Å². The zero-order valence-corrected chi connectivity index (χ0v) is 7.52. The zero-order valence-electron chi connectivity index (χ0n) is 5.93. The quantitative estimate of drug-likeness (QED) is 0.712. The maximum atomic E-state index is 11.3. The van der Waals surface area contributed by atoms with E-state index in [1.54, 1.807) is 12.3 Å². The molecule has 1 aliphatic carbocycles. The summed E-state index contributed by atoms with van der Waals surface area (Å²) in [6.45, 7) is 0. The molecular weight excluding hydrogens is 206 g/mol. The third kappa shape index (κ3) is 1.25. The van der Waals surface area contributed by atoms with Crippen LogP contribution in [0.3, 0.4) is 0 Å². The van der Waals surface area contributed by atoms with Crippen LogP contribution < -0.4 is 5.43 Å². The van der Waals surface area contributed by atoms with Crippen LogP contribution in [0.25, 0.3) is 0 Å². The van der Waals surface area contributed by atoms with Gasteiger partial charge in [0.15, 0.2) is 5.43 Å². The summed E-state index contributed by atoms with van der Waals surface area (Å²) in [4.78, 5) is 14.3. The number of aromatic nitrogens is 1. The van der Waals surface area contributed by atoms with E-state index in [-0.39, 0.29) is 5.43 Å². The van der Waals surface area contributed by atoms with Gasteiger partial charge in [-0.1, -0.05) is 0 Å². The minimum atomic E-state index is 0.151. The number of hydrogen-bond acceptors (Lipinski definition) is 1.